The van der Waals surface area contributed by atoms with Crippen molar-refractivity contribution >= 4 is 11.6 Å². The van der Waals surface area contributed by atoms with Crippen molar-refractivity contribution in [2.45, 2.75) is 26.7 Å². The Labute approximate surface area is 119 Å². The van der Waals surface area contributed by atoms with Crippen LogP contribution in [0.25, 0.3) is 0 Å². The lowest BCUT2D eigenvalue weighted by atomic mass is 10.0. The first-order chi connectivity index (χ1) is 9.49. The number of aryl methyl sites for hydroxylation is 1. The lowest BCUT2D eigenvalue weighted by Gasteiger charge is -2.10. The topological polar surface area (TPSA) is 49.3 Å². The molecule has 0 spiro atoms. The first kappa shape index (κ1) is 14.1. The van der Waals surface area contributed by atoms with Crippen LogP contribution in [0.2, 0.25) is 0 Å². The summed E-state index contributed by atoms with van der Waals surface area (Å²) in [6.07, 6.45) is 0. The molecule has 0 aromatic heterocycles. The van der Waals surface area contributed by atoms with Crippen LogP contribution in [0.15, 0.2) is 42.5 Å². The van der Waals surface area contributed by atoms with Crippen molar-refractivity contribution < 1.29 is 9.90 Å². The average molecular weight is 269 g/mol. The monoisotopic (exact) mass is 269 g/mol. The molecule has 2 aromatic rings. The molecule has 0 aliphatic rings. The Balaban J connectivity index is 2.17. The number of phenols is 1. The van der Waals surface area contributed by atoms with Crippen LogP contribution in [0.3, 0.4) is 0 Å². The van der Waals surface area contributed by atoms with E-state index in [2.05, 4.69) is 19.2 Å². The fourth-order valence-electron chi connectivity index (χ4n) is 1.99. The molecule has 1 amide bonds. The van der Waals surface area contributed by atoms with Crippen molar-refractivity contribution in [1.29, 1.82) is 0 Å². The van der Waals surface area contributed by atoms with E-state index in [0.29, 0.717) is 11.5 Å². The van der Waals surface area contributed by atoms with Crippen LogP contribution in [0.4, 0.5) is 5.69 Å². The maximum atomic E-state index is 12.1. The van der Waals surface area contributed by atoms with E-state index in [1.165, 1.54) is 5.56 Å². The number of anilines is 1. The Morgan fingerprint density at radius 2 is 1.75 bits per heavy atom. The van der Waals surface area contributed by atoms with Gasteiger partial charge in [-0.25, -0.2) is 0 Å². The van der Waals surface area contributed by atoms with E-state index in [1.54, 1.807) is 25.1 Å². The molecule has 0 aliphatic heterocycles. The van der Waals surface area contributed by atoms with Gasteiger partial charge in [-0.15, -0.1) is 0 Å². The van der Waals surface area contributed by atoms with Crippen LogP contribution in [0.5, 0.6) is 5.75 Å². The molecule has 0 aliphatic carbocycles. The van der Waals surface area contributed by atoms with Gasteiger partial charge < -0.3 is 10.4 Å². The normalized spacial score (nSPS) is 10.6. The quantitative estimate of drug-likeness (QED) is 0.882. The number of amides is 1. The maximum absolute atomic E-state index is 12.1. The van der Waals surface area contributed by atoms with Gasteiger partial charge in [-0.3, -0.25) is 4.79 Å². The third kappa shape index (κ3) is 2.99. The number of aromatic hydroxyl groups is 1. The number of phenolic OH excluding ortho intramolecular Hbond substituents is 1. The molecule has 0 atom stereocenters. The molecule has 20 heavy (non-hydrogen) atoms. The minimum absolute atomic E-state index is 0.0313. The number of rotatable bonds is 3. The number of carbonyl (C=O) groups excluding carboxylic acids is 1. The fourth-order valence-corrected chi connectivity index (χ4v) is 1.99. The Morgan fingerprint density at radius 3 is 2.35 bits per heavy atom. The molecule has 0 saturated heterocycles. The lowest BCUT2D eigenvalue weighted by molar-refractivity contribution is 0.102. The van der Waals surface area contributed by atoms with Crippen LogP contribution in [-0.4, -0.2) is 11.0 Å². The highest BCUT2D eigenvalue weighted by molar-refractivity contribution is 6.06. The molecule has 3 nitrogen and oxygen atoms in total. The van der Waals surface area contributed by atoms with Gasteiger partial charge >= 0.3 is 0 Å². The molecule has 0 unspecified atom stereocenters. The molecule has 0 heterocycles. The number of hydrogen-bond donors (Lipinski definition) is 2. The fraction of sp³-hybridized carbons (Fsp3) is 0.235. The second kappa shape index (κ2) is 5.78. The first-order valence-corrected chi connectivity index (χ1v) is 6.69. The van der Waals surface area contributed by atoms with Gasteiger partial charge in [0.25, 0.3) is 5.91 Å². The van der Waals surface area contributed by atoms with E-state index in [-0.39, 0.29) is 17.2 Å². The molecule has 0 bridgehead atoms. The summed E-state index contributed by atoms with van der Waals surface area (Å²) in [5.41, 5.74) is 2.92. The predicted octanol–water partition coefficient (Wildman–Crippen LogP) is 4.08. The number of para-hydroxylation sites is 1. The Hall–Kier alpha value is -2.29. The standard InChI is InChI=1S/C17H19NO2/c1-11(2)13-7-9-14(10-8-13)18-17(20)15-6-4-5-12(3)16(15)19/h4-11,19H,1-3H3,(H,18,20). The lowest BCUT2D eigenvalue weighted by Crippen LogP contribution is -2.12. The van der Waals surface area contributed by atoms with E-state index in [1.807, 2.05) is 24.3 Å². The summed E-state index contributed by atoms with van der Waals surface area (Å²) in [6.45, 7) is 6.01. The van der Waals surface area contributed by atoms with Gasteiger partial charge in [0, 0.05) is 5.69 Å². The molecule has 0 radical (unpaired) electrons. The van der Waals surface area contributed by atoms with E-state index in [4.69, 9.17) is 0 Å². The molecule has 3 heteroatoms. The van der Waals surface area contributed by atoms with Crippen LogP contribution in [0.1, 0.15) is 41.3 Å². The minimum Gasteiger partial charge on any atom is -0.507 e. The summed E-state index contributed by atoms with van der Waals surface area (Å²) in [4.78, 5) is 12.1. The SMILES string of the molecule is Cc1cccc(C(=O)Nc2ccc(C(C)C)cc2)c1O. The van der Waals surface area contributed by atoms with E-state index in [9.17, 15) is 9.90 Å². The van der Waals surface area contributed by atoms with Crippen molar-refractivity contribution in [3.63, 3.8) is 0 Å². The van der Waals surface area contributed by atoms with Gasteiger partial charge in [-0.1, -0.05) is 38.1 Å². The predicted molar refractivity (Wildman–Crippen MR) is 81.3 cm³/mol. The van der Waals surface area contributed by atoms with Gasteiger partial charge in [-0.05, 0) is 42.2 Å². The molecule has 2 rings (SSSR count). The highest BCUT2D eigenvalue weighted by atomic mass is 16.3. The summed E-state index contributed by atoms with van der Waals surface area (Å²) in [7, 11) is 0. The molecule has 0 saturated carbocycles. The number of benzene rings is 2. The third-order valence-electron chi connectivity index (χ3n) is 3.32. The summed E-state index contributed by atoms with van der Waals surface area (Å²) in [5.74, 6) is 0.188. The summed E-state index contributed by atoms with van der Waals surface area (Å²) >= 11 is 0. The number of carbonyl (C=O) groups is 1. The van der Waals surface area contributed by atoms with Gasteiger partial charge in [-0.2, -0.15) is 0 Å². The summed E-state index contributed by atoms with van der Waals surface area (Å²) < 4.78 is 0. The minimum atomic E-state index is -0.302. The zero-order valence-electron chi connectivity index (χ0n) is 12.0. The molecular formula is C17H19NO2. The van der Waals surface area contributed by atoms with Crippen molar-refractivity contribution in [2.75, 3.05) is 5.32 Å². The average Bonchev–Trinajstić information content (AvgIpc) is 2.42. The summed E-state index contributed by atoms with van der Waals surface area (Å²) in [5, 5.41) is 12.7. The van der Waals surface area contributed by atoms with Gasteiger partial charge in [0.1, 0.15) is 5.75 Å². The highest BCUT2D eigenvalue weighted by Crippen LogP contribution is 2.23. The highest BCUT2D eigenvalue weighted by Gasteiger charge is 2.12. The van der Waals surface area contributed by atoms with E-state index >= 15 is 0 Å². The van der Waals surface area contributed by atoms with Gasteiger partial charge in [0.05, 0.1) is 5.56 Å². The molecule has 0 fully saturated rings. The van der Waals surface area contributed by atoms with Crippen LogP contribution < -0.4 is 5.32 Å². The first-order valence-electron chi connectivity index (χ1n) is 6.69. The second-order valence-electron chi connectivity index (χ2n) is 5.20. The zero-order chi connectivity index (χ0) is 14.7. The number of nitrogens with one attached hydrogen (secondary N) is 1. The van der Waals surface area contributed by atoms with Crippen LogP contribution in [-0.2, 0) is 0 Å². The molecule has 2 aromatic carbocycles. The second-order valence-corrected chi connectivity index (χ2v) is 5.20. The zero-order valence-corrected chi connectivity index (χ0v) is 12.0. The van der Waals surface area contributed by atoms with Crippen molar-refractivity contribution in [3.05, 3.63) is 59.2 Å². The van der Waals surface area contributed by atoms with Gasteiger partial charge in [0.2, 0.25) is 0 Å². The summed E-state index contributed by atoms with van der Waals surface area (Å²) in [6, 6.07) is 12.9. The maximum Gasteiger partial charge on any atom is 0.259 e. The van der Waals surface area contributed by atoms with E-state index < -0.39 is 0 Å². The van der Waals surface area contributed by atoms with Gasteiger partial charge in [0.15, 0.2) is 0 Å². The van der Waals surface area contributed by atoms with E-state index in [0.717, 1.165) is 5.69 Å². The van der Waals surface area contributed by atoms with Crippen molar-refractivity contribution in [2.24, 2.45) is 0 Å². The van der Waals surface area contributed by atoms with Crippen molar-refractivity contribution in [3.8, 4) is 5.75 Å². The Bertz CT molecular complexity index is 615. The smallest absolute Gasteiger partial charge is 0.259 e. The van der Waals surface area contributed by atoms with Crippen LogP contribution in [0, 0.1) is 6.92 Å². The molecular weight excluding hydrogens is 250 g/mol. The Kier molecular flexibility index (Phi) is 4.08. The number of hydrogen-bond acceptors (Lipinski definition) is 2. The molecule has 104 valence electrons. The largest absolute Gasteiger partial charge is 0.507 e. The molecule has 2 N–H and O–H groups in total. The van der Waals surface area contributed by atoms with Crippen molar-refractivity contribution in [1.82, 2.24) is 0 Å². The Morgan fingerprint density at radius 1 is 1.10 bits per heavy atom. The van der Waals surface area contributed by atoms with Crippen LogP contribution >= 0.6 is 0 Å². The third-order valence-corrected chi connectivity index (χ3v) is 3.32.